The van der Waals surface area contributed by atoms with Crippen molar-refractivity contribution in [2.75, 3.05) is 26.6 Å². The number of aromatic nitrogens is 3. The number of rotatable bonds is 10. The largest absolute Gasteiger partial charge is 0.497 e. The van der Waals surface area contributed by atoms with Crippen LogP contribution in [0.15, 0.2) is 36.4 Å². The monoisotopic (exact) mass is 468 g/mol. The maximum absolute atomic E-state index is 13.7. The van der Waals surface area contributed by atoms with E-state index in [1.165, 1.54) is 23.9 Å². The first kappa shape index (κ1) is 24.6. The molecule has 0 spiro atoms. The van der Waals surface area contributed by atoms with Gasteiger partial charge in [0, 0.05) is 11.8 Å². The normalized spacial score (nSPS) is 10.8. The second-order valence-corrected chi connectivity index (χ2v) is 7.60. The molecule has 0 saturated heterocycles. The van der Waals surface area contributed by atoms with E-state index in [-0.39, 0.29) is 41.9 Å². The Balaban J connectivity index is 2.09. The van der Waals surface area contributed by atoms with Gasteiger partial charge in [-0.1, -0.05) is 17.3 Å². The third kappa shape index (κ3) is 5.28. The molecule has 1 aromatic heterocycles. The molecule has 0 saturated carbocycles. The van der Waals surface area contributed by atoms with Gasteiger partial charge < -0.3 is 24.7 Å². The van der Waals surface area contributed by atoms with E-state index in [4.69, 9.17) is 24.7 Å². The summed E-state index contributed by atoms with van der Waals surface area (Å²) in [7, 11) is 3.06. The predicted octanol–water partition coefficient (Wildman–Crippen LogP) is 3.12. The number of nitrogens with zero attached hydrogens (tertiary/aromatic N) is 3. The van der Waals surface area contributed by atoms with Gasteiger partial charge in [0.2, 0.25) is 11.5 Å². The van der Waals surface area contributed by atoms with E-state index in [1.807, 2.05) is 26.0 Å². The first-order valence-corrected chi connectivity index (χ1v) is 10.7. The SMILES string of the molecule is CCOC(=O)c1nnn(Cc2ccc(OC)cc2)c1C(=O)c1cc(OC(C)C)c(OC)cc1N. The van der Waals surface area contributed by atoms with Crippen LogP contribution in [-0.2, 0) is 11.3 Å². The Morgan fingerprint density at radius 3 is 2.35 bits per heavy atom. The molecule has 0 unspecified atom stereocenters. The van der Waals surface area contributed by atoms with Crippen LogP contribution >= 0.6 is 0 Å². The second-order valence-electron chi connectivity index (χ2n) is 7.60. The molecule has 0 aliphatic rings. The molecule has 180 valence electrons. The van der Waals surface area contributed by atoms with Crippen LogP contribution in [0.5, 0.6) is 17.2 Å². The standard InChI is InChI=1S/C24H28N4O6/c1-6-33-24(30)21-22(28(27-26-21)13-15-7-9-16(31-4)10-8-15)23(29)17-11-20(34-14(2)3)19(32-5)12-18(17)25/h7-12,14H,6,13,25H2,1-5H3. The maximum Gasteiger partial charge on any atom is 0.361 e. The number of anilines is 1. The highest BCUT2D eigenvalue weighted by Gasteiger charge is 2.29. The number of esters is 1. The third-order valence-corrected chi connectivity index (χ3v) is 4.85. The van der Waals surface area contributed by atoms with Gasteiger partial charge in [0.25, 0.3) is 0 Å². The lowest BCUT2D eigenvalue weighted by Crippen LogP contribution is -2.19. The molecule has 10 heteroatoms. The summed E-state index contributed by atoms with van der Waals surface area (Å²) in [5.74, 6) is 0.127. The Labute approximate surface area is 197 Å². The maximum atomic E-state index is 13.7. The summed E-state index contributed by atoms with van der Waals surface area (Å²) in [5, 5.41) is 8.00. The first-order chi connectivity index (χ1) is 16.3. The van der Waals surface area contributed by atoms with Crippen molar-refractivity contribution in [3.63, 3.8) is 0 Å². The number of nitrogens with two attached hydrogens (primary N) is 1. The first-order valence-electron chi connectivity index (χ1n) is 10.7. The van der Waals surface area contributed by atoms with Gasteiger partial charge in [-0.25, -0.2) is 9.48 Å². The number of carbonyl (C=O) groups excluding carboxylic acids is 2. The number of carbonyl (C=O) groups is 2. The van der Waals surface area contributed by atoms with Crippen molar-refractivity contribution >= 4 is 17.4 Å². The molecule has 34 heavy (non-hydrogen) atoms. The molecular weight excluding hydrogens is 440 g/mol. The van der Waals surface area contributed by atoms with E-state index >= 15 is 0 Å². The fourth-order valence-electron chi connectivity index (χ4n) is 3.29. The Morgan fingerprint density at radius 2 is 1.76 bits per heavy atom. The number of benzene rings is 2. The van der Waals surface area contributed by atoms with E-state index in [9.17, 15) is 9.59 Å². The average molecular weight is 469 g/mol. The molecule has 2 aromatic carbocycles. The van der Waals surface area contributed by atoms with E-state index in [0.717, 1.165) is 5.56 Å². The third-order valence-electron chi connectivity index (χ3n) is 4.85. The van der Waals surface area contributed by atoms with Crippen molar-refractivity contribution in [2.24, 2.45) is 0 Å². The van der Waals surface area contributed by atoms with Crippen molar-refractivity contribution in [2.45, 2.75) is 33.4 Å². The molecule has 2 N–H and O–H groups in total. The summed E-state index contributed by atoms with van der Waals surface area (Å²) >= 11 is 0. The molecule has 1 heterocycles. The smallest absolute Gasteiger partial charge is 0.361 e. The van der Waals surface area contributed by atoms with E-state index in [0.29, 0.717) is 17.2 Å². The van der Waals surface area contributed by atoms with Crippen LogP contribution in [0.25, 0.3) is 0 Å². The van der Waals surface area contributed by atoms with Gasteiger partial charge in [-0.2, -0.15) is 0 Å². The second kappa shape index (κ2) is 10.7. The van der Waals surface area contributed by atoms with Gasteiger partial charge in [-0.15, -0.1) is 5.10 Å². The highest BCUT2D eigenvalue weighted by molar-refractivity contribution is 6.15. The highest BCUT2D eigenvalue weighted by Crippen LogP contribution is 2.34. The molecule has 3 aromatic rings. The molecule has 0 aliphatic carbocycles. The summed E-state index contributed by atoms with van der Waals surface area (Å²) < 4.78 is 22.8. The summed E-state index contributed by atoms with van der Waals surface area (Å²) in [4.78, 5) is 26.3. The zero-order valence-electron chi connectivity index (χ0n) is 19.8. The summed E-state index contributed by atoms with van der Waals surface area (Å²) in [5.41, 5.74) is 7.06. The zero-order valence-corrected chi connectivity index (χ0v) is 19.8. The van der Waals surface area contributed by atoms with E-state index < -0.39 is 11.8 Å². The van der Waals surface area contributed by atoms with Crippen LogP contribution in [0.3, 0.4) is 0 Å². The van der Waals surface area contributed by atoms with Crippen LogP contribution < -0.4 is 19.9 Å². The van der Waals surface area contributed by atoms with Crippen LogP contribution in [0.1, 0.15) is 52.9 Å². The van der Waals surface area contributed by atoms with Crippen LogP contribution in [-0.4, -0.2) is 53.7 Å². The number of methoxy groups -OCH3 is 2. The molecular formula is C24H28N4O6. The Bertz CT molecular complexity index is 1170. The zero-order chi connectivity index (χ0) is 24.8. The summed E-state index contributed by atoms with van der Waals surface area (Å²) in [6, 6.07) is 10.2. The summed E-state index contributed by atoms with van der Waals surface area (Å²) in [6.07, 6.45) is -0.169. The number of nitrogen functional groups attached to an aromatic ring is 1. The lowest BCUT2D eigenvalue weighted by molar-refractivity contribution is 0.0516. The van der Waals surface area contributed by atoms with Crippen molar-refractivity contribution in [3.05, 3.63) is 58.9 Å². The molecule has 0 fully saturated rings. The van der Waals surface area contributed by atoms with Gasteiger partial charge in [-0.05, 0) is 44.5 Å². The van der Waals surface area contributed by atoms with Gasteiger partial charge in [0.05, 0.1) is 39.0 Å². The minimum atomic E-state index is -0.752. The Kier molecular flexibility index (Phi) is 7.72. The minimum Gasteiger partial charge on any atom is -0.497 e. The molecule has 0 radical (unpaired) electrons. The summed E-state index contributed by atoms with van der Waals surface area (Å²) in [6.45, 7) is 5.67. The number of hydrogen-bond acceptors (Lipinski definition) is 9. The molecule has 3 rings (SSSR count). The fraction of sp³-hybridized carbons (Fsp3) is 0.333. The lowest BCUT2D eigenvalue weighted by atomic mass is 10.0. The Morgan fingerprint density at radius 1 is 1.06 bits per heavy atom. The van der Waals surface area contributed by atoms with E-state index in [1.54, 1.807) is 26.2 Å². The van der Waals surface area contributed by atoms with Crippen LogP contribution in [0.2, 0.25) is 0 Å². The molecule has 0 bridgehead atoms. The van der Waals surface area contributed by atoms with Gasteiger partial charge in [-0.3, -0.25) is 4.79 Å². The quantitative estimate of drug-likeness (QED) is 0.271. The van der Waals surface area contributed by atoms with Crippen molar-refractivity contribution in [1.29, 1.82) is 0 Å². The minimum absolute atomic E-state index is 0.0402. The van der Waals surface area contributed by atoms with Crippen molar-refractivity contribution < 1.29 is 28.5 Å². The van der Waals surface area contributed by atoms with Gasteiger partial charge in [0.15, 0.2) is 11.5 Å². The number of ketones is 1. The molecule has 0 atom stereocenters. The lowest BCUT2D eigenvalue weighted by Gasteiger charge is -2.16. The van der Waals surface area contributed by atoms with E-state index in [2.05, 4.69) is 10.3 Å². The fourth-order valence-corrected chi connectivity index (χ4v) is 3.29. The topological polar surface area (TPSA) is 128 Å². The average Bonchev–Trinajstić information content (AvgIpc) is 3.23. The van der Waals surface area contributed by atoms with Crippen LogP contribution in [0.4, 0.5) is 5.69 Å². The van der Waals surface area contributed by atoms with Gasteiger partial charge >= 0.3 is 5.97 Å². The highest BCUT2D eigenvalue weighted by atomic mass is 16.5. The number of hydrogen-bond donors (Lipinski definition) is 1. The Hall–Kier alpha value is -4.08. The van der Waals surface area contributed by atoms with Crippen molar-refractivity contribution in [3.8, 4) is 17.2 Å². The number of ether oxygens (including phenoxy) is 4. The molecule has 0 aliphatic heterocycles. The van der Waals surface area contributed by atoms with Crippen LogP contribution in [0, 0.1) is 0 Å². The van der Waals surface area contributed by atoms with Gasteiger partial charge in [0.1, 0.15) is 11.4 Å². The van der Waals surface area contributed by atoms with Crippen molar-refractivity contribution in [1.82, 2.24) is 15.0 Å². The molecule has 0 amide bonds. The molecule has 10 nitrogen and oxygen atoms in total. The predicted molar refractivity (Wildman–Crippen MR) is 125 cm³/mol.